The zero-order chi connectivity index (χ0) is 13.9. The van der Waals surface area contributed by atoms with Crippen LogP contribution in [0.4, 0.5) is 0 Å². The van der Waals surface area contributed by atoms with Crippen molar-refractivity contribution in [2.24, 2.45) is 5.73 Å². The summed E-state index contributed by atoms with van der Waals surface area (Å²) in [5.41, 5.74) is 6.83. The molecule has 4 heteroatoms. The Morgan fingerprint density at radius 3 is 2.53 bits per heavy atom. The van der Waals surface area contributed by atoms with E-state index >= 15 is 0 Å². The number of nitrogens with two attached hydrogens (primary N) is 1. The van der Waals surface area contributed by atoms with E-state index in [4.69, 9.17) is 5.73 Å². The molecule has 1 atom stereocenters. The third kappa shape index (κ3) is 3.70. The van der Waals surface area contributed by atoms with Gasteiger partial charge >= 0.3 is 0 Å². The lowest BCUT2D eigenvalue weighted by molar-refractivity contribution is -0.124. The molecule has 1 fully saturated rings. The normalized spacial score (nSPS) is 19.1. The van der Waals surface area contributed by atoms with Crippen molar-refractivity contribution in [1.82, 2.24) is 5.32 Å². The molecule has 19 heavy (non-hydrogen) atoms. The average molecular weight is 262 g/mol. The van der Waals surface area contributed by atoms with Gasteiger partial charge in [-0.05, 0) is 43.9 Å². The van der Waals surface area contributed by atoms with Crippen LogP contribution in [-0.2, 0) is 11.2 Å². The minimum Gasteiger partial charge on any atom is -0.508 e. The van der Waals surface area contributed by atoms with Crippen LogP contribution in [0.5, 0.6) is 5.75 Å². The average Bonchev–Trinajstić information content (AvgIpc) is 2.78. The Kier molecular flexibility index (Phi) is 4.10. The molecule has 1 aliphatic carbocycles. The predicted octanol–water partition coefficient (Wildman–Crippen LogP) is 1.71. The Labute approximate surface area is 114 Å². The van der Waals surface area contributed by atoms with Gasteiger partial charge in [0.05, 0.1) is 6.04 Å². The summed E-state index contributed by atoms with van der Waals surface area (Å²) in [5, 5.41) is 12.3. The fraction of sp³-hybridized carbons (Fsp3) is 0.533. The quantitative estimate of drug-likeness (QED) is 0.773. The van der Waals surface area contributed by atoms with Gasteiger partial charge < -0.3 is 16.2 Å². The van der Waals surface area contributed by atoms with Gasteiger partial charge in [-0.25, -0.2) is 0 Å². The highest BCUT2D eigenvalue weighted by Crippen LogP contribution is 2.28. The second-order valence-corrected chi connectivity index (χ2v) is 5.73. The summed E-state index contributed by atoms with van der Waals surface area (Å²) in [6.07, 6.45) is 4.89. The number of aromatic hydroxyl groups is 1. The van der Waals surface area contributed by atoms with Crippen molar-refractivity contribution in [2.45, 2.75) is 50.6 Å². The van der Waals surface area contributed by atoms with E-state index in [1.807, 2.05) is 0 Å². The molecule has 1 aliphatic rings. The lowest BCUT2D eigenvalue weighted by Crippen LogP contribution is -2.51. The van der Waals surface area contributed by atoms with Crippen molar-refractivity contribution in [3.8, 4) is 5.75 Å². The zero-order valence-corrected chi connectivity index (χ0v) is 11.4. The van der Waals surface area contributed by atoms with Crippen molar-refractivity contribution in [3.63, 3.8) is 0 Å². The predicted molar refractivity (Wildman–Crippen MR) is 74.8 cm³/mol. The van der Waals surface area contributed by atoms with E-state index in [9.17, 15) is 9.90 Å². The Hall–Kier alpha value is -1.55. The van der Waals surface area contributed by atoms with Crippen molar-refractivity contribution < 1.29 is 9.90 Å². The van der Waals surface area contributed by atoms with Crippen LogP contribution in [0.2, 0.25) is 0 Å². The van der Waals surface area contributed by atoms with E-state index in [1.54, 1.807) is 24.3 Å². The van der Waals surface area contributed by atoms with Gasteiger partial charge in [0.15, 0.2) is 0 Å². The highest BCUT2D eigenvalue weighted by molar-refractivity contribution is 5.82. The summed E-state index contributed by atoms with van der Waals surface area (Å²) < 4.78 is 0. The SMILES string of the molecule is CC1(NC(=O)C(N)Cc2ccc(O)cc2)CCCC1. The van der Waals surface area contributed by atoms with E-state index in [-0.39, 0.29) is 17.2 Å². The summed E-state index contributed by atoms with van der Waals surface area (Å²) in [7, 11) is 0. The van der Waals surface area contributed by atoms with E-state index in [2.05, 4.69) is 12.2 Å². The second-order valence-electron chi connectivity index (χ2n) is 5.73. The Balaban J connectivity index is 1.90. The summed E-state index contributed by atoms with van der Waals surface area (Å²) in [6.45, 7) is 2.09. The number of amides is 1. The Morgan fingerprint density at radius 2 is 1.95 bits per heavy atom. The van der Waals surface area contributed by atoms with Crippen LogP contribution < -0.4 is 11.1 Å². The van der Waals surface area contributed by atoms with Crippen molar-refractivity contribution in [3.05, 3.63) is 29.8 Å². The van der Waals surface area contributed by atoms with Crippen LogP contribution in [0, 0.1) is 0 Å². The molecule has 1 amide bonds. The van der Waals surface area contributed by atoms with Crippen LogP contribution in [0.15, 0.2) is 24.3 Å². The minimum atomic E-state index is -0.540. The molecule has 0 radical (unpaired) electrons. The van der Waals surface area contributed by atoms with Gasteiger partial charge in [-0.2, -0.15) is 0 Å². The first kappa shape index (κ1) is 13.9. The van der Waals surface area contributed by atoms with Crippen molar-refractivity contribution >= 4 is 5.91 Å². The van der Waals surface area contributed by atoms with Crippen LogP contribution in [0.3, 0.4) is 0 Å². The third-order valence-electron chi connectivity index (χ3n) is 3.86. The summed E-state index contributed by atoms with van der Waals surface area (Å²) in [4.78, 5) is 12.1. The number of phenols is 1. The molecule has 104 valence electrons. The maximum Gasteiger partial charge on any atom is 0.237 e. The molecule has 4 N–H and O–H groups in total. The monoisotopic (exact) mass is 262 g/mol. The van der Waals surface area contributed by atoms with Crippen molar-refractivity contribution in [1.29, 1.82) is 0 Å². The minimum absolute atomic E-state index is 0.0797. The van der Waals surface area contributed by atoms with Crippen LogP contribution in [-0.4, -0.2) is 22.6 Å². The number of carbonyl (C=O) groups excluding carboxylic acids is 1. The highest BCUT2D eigenvalue weighted by Gasteiger charge is 2.31. The van der Waals surface area contributed by atoms with Crippen LogP contribution >= 0.6 is 0 Å². The first-order chi connectivity index (χ1) is 8.98. The molecular formula is C15H22N2O2. The summed E-state index contributed by atoms with van der Waals surface area (Å²) in [6, 6.07) is 6.26. The summed E-state index contributed by atoms with van der Waals surface area (Å²) >= 11 is 0. The molecule has 0 bridgehead atoms. The number of carbonyl (C=O) groups is 1. The van der Waals surface area contributed by atoms with Gasteiger partial charge in [0.25, 0.3) is 0 Å². The first-order valence-corrected chi connectivity index (χ1v) is 6.84. The van der Waals surface area contributed by atoms with Gasteiger partial charge in [0.2, 0.25) is 5.91 Å². The maximum absolute atomic E-state index is 12.1. The number of rotatable bonds is 4. The lowest BCUT2D eigenvalue weighted by atomic mass is 9.99. The largest absolute Gasteiger partial charge is 0.508 e. The molecule has 4 nitrogen and oxygen atoms in total. The first-order valence-electron chi connectivity index (χ1n) is 6.84. The molecule has 1 aromatic carbocycles. The molecule has 0 aliphatic heterocycles. The van der Waals surface area contributed by atoms with Gasteiger partial charge in [-0.3, -0.25) is 4.79 Å². The number of nitrogens with one attached hydrogen (secondary N) is 1. The molecular weight excluding hydrogens is 240 g/mol. The molecule has 0 heterocycles. The highest BCUT2D eigenvalue weighted by atomic mass is 16.3. The standard InChI is InChI=1S/C15H22N2O2/c1-15(8-2-3-9-15)17-14(19)13(16)10-11-4-6-12(18)7-5-11/h4-7,13,18H,2-3,8-10,16H2,1H3,(H,17,19). The fourth-order valence-corrected chi connectivity index (χ4v) is 2.65. The molecule has 1 aromatic rings. The van der Waals surface area contributed by atoms with Crippen molar-refractivity contribution in [2.75, 3.05) is 0 Å². The van der Waals surface area contributed by atoms with Gasteiger partial charge in [0, 0.05) is 5.54 Å². The van der Waals surface area contributed by atoms with E-state index < -0.39 is 6.04 Å². The number of hydrogen-bond acceptors (Lipinski definition) is 3. The Morgan fingerprint density at radius 1 is 1.37 bits per heavy atom. The fourth-order valence-electron chi connectivity index (χ4n) is 2.65. The van der Waals surface area contributed by atoms with Crippen LogP contribution in [0.25, 0.3) is 0 Å². The van der Waals surface area contributed by atoms with Gasteiger partial charge in [-0.15, -0.1) is 0 Å². The van der Waals surface area contributed by atoms with Gasteiger partial charge in [-0.1, -0.05) is 25.0 Å². The second kappa shape index (κ2) is 5.61. The van der Waals surface area contributed by atoms with E-state index in [1.165, 1.54) is 12.8 Å². The maximum atomic E-state index is 12.1. The molecule has 1 unspecified atom stereocenters. The van der Waals surface area contributed by atoms with E-state index in [0.717, 1.165) is 18.4 Å². The lowest BCUT2D eigenvalue weighted by Gasteiger charge is -2.27. The van der Waals surface area contributed by atoms with Crippen LogP contribution in [0.1, 0.15) is 38.2 Å². The molecule has 0 saturated heterocycles. The summed E-state index contributed by atoms with van der Waals surface area (Å²) in [5.74, 6) is 0.137. The van der Waals surface area contributed by atoms with E-state index in [0.29, 0.717) is 6.42 Å². The number of phenolic OH excluding ortho intramolecular Hbond substituents is 1. The number of hydrogen-bond donors (Lipinski definition) is 3. The molecule has 0 aromatic heterocycles. The topological polar surface area (TPSA) is 75.4 Å². The molecule has 1 saturated carbocycles. The zero-order valence-electron chi connectivity index (χ0n) is 11.4. The molecule has 2 rings (SSSR count). The van der Waals surface area contributed by atoms with Gasteiger partial charge in [0.1, 0.15) is 5.75 Å². The smallest absolute Gasteiger partial charge is 0.237 e. The number of benzene rings is 1. The molecule has 0 spiro atoms. The third-order valence-corrected chi connectivity index (χ3v) is 3.86. The Bertz CT molecular complexity index is 436.